The van der Waals surface area contributed by atoms with Gasteiger partial charge in [0.2, 0.25) is 0 Å². The third-order valence-corrected chi connectivity index (χ3v) is 3.05. The van der Waals surface area contributed by atoms with Crippen molar-refractivity contribution in [1.29, 1.82) is 0 Å². The van der Waals surface area contributed by atoms with Crippen LogP contribution in [-0.2, 0) is 6.42 Å². The molecule has 1 amide bonds. The zero-order valence-electron chi connectivity index (χ0n) is 8.48. The van der Waals surface area contributed by atoms with Crippen molar-refractivity contribution >= 4 is 17.7 Å². The fourth-order valence-corrected chi connectivity index (χ4v) is 2.27. The van der Waals surface area contributed by atoms with Gasteiger partial charge in [-0.25, -0.2) is 4.79 Å². The van der Waals surface area contributed by atoms with Crippen LogP contribution in [0.1, 0.15) is 23.6 Å². The lowest BCUT2D eigenvalue weighted by molar-refractivity contribution is 0.105. The summed E-state index contributed by atoms with van der Waals surface area (Å²) in [5.41, 5.74) is 1.81. The molecule has 16 heavy (non-hydrogen) atoms. The van der Waals surface area contributed by atoms with Gasteiger partial charge in [-0.2, -0.15) is 0 Å². The predicted molar refractivity (Wildman–Crippen MR) is 59.7 cm³/mol. The van der Waals surface area contributed by atoms with Crippen LogP contribution < -0.4 is 5.32 Å². The second kappa shape index (κ2) is 4.31. The van der Waals surface area contributed by atoms with Gasteiger partial charge >= 0.3 is 6.09 Å². The van der Waals surface area contributed by atoms with E-state index in [2.05, 4.69) is 5.32 Å². The van der Waals surface area contributed by atoms with E-state index in [1.165, 1.54) is 0 Å². The molecule has 0 fully saturated rings. The zero-order chi connectivity index (χ0) is 11.7. The molecule has 0 spiro atoms. The summed E-state index contributed by atoms with van der Waals surface area (Å²) in [7, 11) is 0. The van der Waals surface area contributed by atoms with Crippen molar-refractivity contribution < 1.29 is 15.0 Å². The number of carbonyl (C=O) groups is 1. The quantitative estimate of drug-likeness (QED) is 0.704. The van der Waals surface area contributed by atoms with Crippen LogP contribution in [0.25, 0.3) is 0 Å². The van der Waals surface area contributed by atoms with Gasteiger partial charge in [0.1, 0.15) is 0 Å². The molecule has 0 heterocycles. The summed E-state index contributed by atoms with van der Waals surface area (Å²) in [5.74, 6) is 0. The number of aryl methyl sites for hydroxylation is 1. The molecule has 1 aromatic carbocycles. The molecular weight excluding hydrogens is 230 g/mol. The van der Waals surface area contributed by atoms with E-state index in [1.54, 1.807) is 12.1 Å². The van der Waals surface area contributed by atoms with Crippen molar-refractivity contribution in [2.24, 2.45) is 0 Å². The van der Waals surface area contributed by atoms with Gasteiger partial charge in [0.05, 0.1) is 12.1 Å². The first kappa shape index (κ1) is 11.2. The number of benzene rings is 1. The molecule has 3 N–H and O–H groups in total. The third kappa shape index (κ3) is 2.13. The Hall–Kier alpha value is -1.26. The molecule has 1 aliphatic rings. The number of carboxylic acid groups (broad SMARTS) is 1. The number of amides is 1. The van der Waals surface area contributed by atoms with Crippen LogP contribution in [0.2, 0.25) is 5.02 Å². The topological polar surface area (TPSA) is 69.6 Å². The molecule has 0 aromatic heterocycles. The first-order chi connectivity index (χ1) is 7.58. The maximum Gasteiger partial charge on any atom is 0.405 e. The highest BCUT2D eigenvalue weighted by molar-refractivity contribution is 6.30. The van der Waals surface area contributed by atoms with Gasteiger partial charge in [0.25, 0.3) is 0 Å². The summed E-state index contributed by atoms with van der Waals surface area (Å²) >= 11 is 5.87. The molecule has 2 rings (SSSR count). The lowest BCUT2D eigenvalue weighted by Gasteiger charge is -2.30. The minimum atomic E-state index is -1.13. The normalized spacial score (nSPS) is 23.6. The van der Waals surface area contributed by atoms with Crippen LogP contribution in [0, 0.1) is 0 Å². The first-order valence-electron chi connectivity index (χ1n) is 5.04. The zero-order valence-corrected chi connectivity index (χ0v) is 9.24. The number of hydrogen-bond acceptors (Lipinski definition) is 2. The van der Waals surface area contributed by atoms with Crippen LogP contribution in [0.15, 0.2) is 18.2 Å². The number of aliphatic hydroxyl groups is 1. The molecule has 1 aromatic rings. The summed E-state index contributed by atoms with van der Waals surface area (Å²) in [5, 5.41) is 21.5. The van der Waals surface area contributed by atoms with Crippen molar-refractivity contribution in [3.63, 3.8) is 0 Å². The molecule has 0 bridgehead atoms. The van der Waals surface area contributed by atoms with Gasteiger partial charge in [0, 0.05) is 5.02 Å². The number of hydrogen-bond donors (Lipinski definition) is 3. The monoisotopic (exact) mass is 241 g/mol. The van der Waals surface area contributed by atoms with Gasteiger partial charge in [-0.05, 0) is 36.1 Å². The Balaban J connectivity index is 2.36. The lowest BCUT2D eigenvalue weighted by Crippen LogP contribution is -2.38. The molecule has 1 aliphatic carbocycles. The largest absolute Gasteiger partial charge is 0.465 e. The van der Waals surface area contributed by atoms with E-state index in [1.807, 2.05) is 6.07 Å². The Morgan fingerprint density at radius 3 is 2.94 bits per heavy atom. The minimum Gasteiger partial charge on any atom is -0.465 e. The Bertz CT molecular complexity index is 422. The van der Waals surface area contributed by atoms with Gasteiger partial charge in [0.15, 0.2) is 0 Å². The smallest absolute Gasteiger partial charge is 0.405 e. The summed E-state index contributed by atoms with van der Waals surface area (Å²) < 4.78 is 0. The predicted octanol–water partition coefficient (Wildman–Crippen LogP) is 1.96. The molecule has 86 valence electrons. The van der Waals surface area contributed by atoms with Crippen LogP contribution in [0.4, 0.5) is 4.79 Å². The molecule has 0 saturated carbocycles. The average Bonchev–Trinajstić information content (AvgIpc) is 2.22. The number of nitrogens with one attached hydrogen (secondary N) is 1. The molecule has 4 nitrogen and oxygen atoms in total. The first-order valence-corrected chi connectivity index (χ1v) is 5.41. The molecule has 5 heteroatoms. The van der Waals surface area contributed by atoms with E-state index in [9.17, 15) is 9.90 Å². The van der Waals surface area contributed by atoms with Crippen LogP contribution in [0.5, 0.6) is 0 Å². The number of rotatable bonds is 1. The number of aliphatic hydroxyl groups excluding tert-OH is 1. The van der Waals surface area contributed by atoms with Crippen molar-refractivity contribution in [2.75, 3.05) is 0 Å². The highest BCUT2D eigenvalue weighted by atomic mass is 35.5. The third-order valence-electron chi connectivity index (χ3n) is 2.81. The number of halogens is 1. The Morgan fingerprint density at radius 1 is 1.50 bits per heavy atom. The molecule has 0 unspecified atom stereocenters. The van der Waals surface area contributed by atoms with E-state index >= 15 is 0 Å². The summed E-state index contributed by atoms with van der Waals surface area (Å²) in [6.07, 6.45) is -0.552. The van der Waals surface area contributed by atoms with E-state index in [-0.39, 0.29) is 0 Å². The Labute approximate surface area is 97.9 Å². The standard InChI is InChI=1S/C11H12ClNO3/c12-7-2-3-8-6(5-7)1-4-9(14)10(8)13-11(15)16/h2-3,5,9-10,13-14H,1,4H2,(H,15,16)/t9-,10+/m1/s1. The van der Waals surface area contributed by atoms with E-state index in [4.69, 9.17) is 16.7 Å². The molecule has 2 atom stereocenters. The van der Waals surface area contributed by atoms with Crippen molar-refractivity contribution in [1.82, 2.24) is 5.32 Å². The summed E-state index contributed by atoms with van der Waals surface area (Å²) in [6, 6.07) is 4.73. The molecular formula is C11H12ClNO3. The van der Waals surface area contributed by atoms with E-state index in [0.717, 1.165) is 17.5 Å². The maximum absolute atomic E-state index is 10.6. The van der Waals surface area contributed by atoms with E-state index in [0.29, 0.717) is 11.4 Å². The average molecular weight is 242 g/mol. The van der Waals surface area contributed by atoms with Crippen molar-refractivity contribution in [3.05, 3.63) is 34.3 Å². The Morgan fingerprint density at radius 2 is 2.25 bits per heavy atom. The minimum absolute atomic E-state index is 0.540. The second-order valence-electron chi connectivity index (χ2n) is 3.88. The maximum atomic E-state index is 10.6. The van der Waals surface area contributed by atoms with Gasteiger partial charge in [-0.1, -0.05) is 17.7 Å². The van der Waals surface area contributed by atoms with Crippen LogP contribution in [-0.4, -0.2) is 22.4 Å². The van der Waals surface area contributed by atoms with Gasteiger partial charge in [-0.15, -0.1) is 0 Å². The Kier molecular flexibility index (Phi) is 3.03. The number of fused-ring (bicyclic) bond motifs is 1. The highest BCUT2D eigenvalue weighted by Crippen LogP contribution is 2.31. The second-order valence-corrected chi connectivity index (χ2v) is 4.31. The SMILES string of the molecule is O=C(O)N[C@H]1c2ccc(Cl)cc2CC[C@H]1O. The van der Waals surface area contributed by atoms with Crippen LogP contribution in [0.3, 0.4) is 0 Å². The van der Waals surface area contributed by atoms with E-state index < -0.39 is 18.2 Å². The summed E-state index contributed by atoms with van der Waals surface area (Å²) in [6.45, 7) is 0. The van der Waals surface area contributed by atoms with Crippen LogP contribution >= 0.6 is 11.6 Å². The fourth-order valence-electron chi connectivity index (χ4n) is 2.08. The molecule has 0 saturated heterocycles. The summed E-state index contributed by atoms with van der Waals surface area (Å²) in [4.78, 5) is 10.6. The molecule has 0 radical (unpaired) electrons. The van der Waals surface area contributed by atoms with Crippen molar-refractivity contribution in [3.8, 4) is 0 Å². The van der Waals surface area contributed by atoms with Gasteiger partial charge in [-0.3, -0.25) is 0 Å². The van der Waals surface area contributed by atoms with Crippen molar-refractivity contribution in [2.45, 2.75) is 25.0 Å². The highest BCUT2D eigenvalue weighted by Gasteiger charge is 2.29. The van der Waals surface area contributed by atoms with Gasteiger partial charge < -0.3 is 15.5 Å². The molecule has 0 aliphatic heterocycles. The lowest BCUT2D eigenvalue weighted by atomic mass is 9.86. The fraction of sp³-hybridized carbons (Fsp3) is 0.364.